The second-order valence-electron chi connectivity index (χ2n) is 7.55. The van der Waals surface area contributed by atoms with Crippen LogP contribution in [0.5, 0.6) is 0 Å². The molecule has 0 bridgehead atoms. The second kappa shape index (κ2) is 8.95. The van der Waals surface area contributed by atoms with Crippen LogP contribution in [0, 0.1) is 11.7 Å². The monoisotopic (exact) mass is 423 g/mol. The Bertz CT molecular complexity index is 1180. The molecule has 0 radical (unpaired) electrons. The third kappa shape index (κ3) is 4.71. The van der Waals surface area contributed by atoms with Crippen LogP contribution in [0.25, 0.3) is 10.8 Å². The van der Waals surface area contributed by atoms with Crippen molar-refractivity contribution in [2.75, 3.05) is 25.0 Å². The summed E-state index contributed by atoms with van der Waals surface area (Å²) in [6, 6.07) is 12.1. The molecule has 3 amide bonds. The first kappa shape index (κ1) is 20.5. The summed E-state index contributed by atoms with van der Waals surface area (Å²) in [5.74, 6) is -0.603. The zero-order valence-electron chi connectivity index (χ0n) is 16.7. The number of carbonyl (C=O) groups is 2. The molecule has 9 heteroatoms. The third-order valence-electron chi connectivity index (χ3n) is 5.34. The number of urea groups is 1. The van der Waals surface area contributed by atoms with Crippen LogP contribution in [0.15, 0.2) is 53.3 Å². The number of piperidine rings is 1. The number of halogens is 1. The minimum atomic E-state index is -0.428. The van der Waals surface area contributed by atoms with E-state index >= 15 is 0 Å². The van der Waals surface area contributed by atoms with Gasteiger partial charge >= 0.3 is 6.03 Å². The van der Waals surface area contributed by atoms with E-state index in [0.717, 1.165) is 12.8 Å². The standard InChI is InChI=1S/C22H22FN5O3/c23-15-6-3-7-16(11-15)25-22(31)24-12-14-5-4-10-28(13-14)21(30)19-17-8-1-2-9-18(17)20(29)27-26-19/h1-3,6-9,11,14H,4-5,10,12-13H2,(H,27,29)(H2,24,25,31). The Morgan fingerprint density at radius 1 is 1.16 bits per heavy atom. The predicted octanol–water partition coefficient (Wildman–Crippen LogP) is 2.74. The van der Waals surface area contributed by atoms with E-state index < -0.39 is 11.8 Å². The van der Waals surface area contributed by atoms with Gasteiger partial charge in [0.15, 0.2) is 5.69 Å². The van der Waals surface area contributed by atoms with Gasteiger partial charge in [0.25, 0.3) is 11.5 Å². The van der Waals surface area contributed by atoms with Crippen LogP contribution < -0.4 is 16.2 Å². The summed E-state index contributed by atoms with van der Waals surface area (Å²) in [6.45, 7) is 1.43. The number of nitrogens with one attached hydrogen (secondary N) is 3. The normalized spacial score (nSPS) is 16.2. The summed E-state index contributed by atoms with van der Waals surface area (Å²) in [5, 5.41) is 12.7. The summed E-state index contributed by atoms with van der Waals surface area (Å²) in [5.41, 5.74) is 0.249. The number of rotatable bonds is 4. The number of fused-ring (bicyclic) bond motifs is 1. The number of aromatic nitrogens is 2. The highest BCUT2D eigenvalue weighted by Crippen LogP contribution is 2.20. The van der Waals surface area contributed by atoms with E-state index in [-0.39, 0.29) is 23.1 Å². The van der Waals surface area contributed by atoms with E-state index in [1.807, 2.05) is 0 Å². The quantitative estimate of drug-likeness (QED) is 0.600. The van der Waals surface area contributed by atoms with Crippen LogP contribution >= 0.6 is 0 Å². The third-order valence-corrected chi connectivity index (χ3v) is 5.34. The molecule has 2 aromatic carbocycles. The molecule has 1 aromatic heterocycles. The topological polar surface area (TPSA) is 107 Å². The van der Waals surface area contributed by atoms with Gasteiger partial charge in [0.1, 0.15) is 5.82 Å². The van der Waals surface area contributed by atoms with Crippen molar-refractivity contribution in [2.24, 2.45) is 5.92 Å². The number of likely N-dealkylation sites (tertiary alicyclic amines) is 1. The van der Waals surface area contributed by atoms with Gasteiger partial charge in [0, 0.05) is 30.7 Å². The van der Waals surface area contributed by atoms with Crippen molar-refractivity contribution in [2.45, 2.75) is 12.8 Å². The number of hydrogen-bond donors (Lipinski definition) is 3. The average molecular weight is 423 g/mol. The molecule has 0 saturated carbocycles. The van der Waals surface area contributed by atoms with Crippen LogP contribution in [-0.2, 0) is 0 Å². The largest absolute Gasteiger partial charge is 0.338 e. The first-order chi connectivity index (χ1) is 15.0. The molecular weight excluding hydrogens is 401 g/mol. The highest BCUT2D eigenvalue weighted by atomic mass is 19.1. The number of carbonyl (C=O) groups excluding carboxylic acids is 2. The van der Waals surface area contributed by atoms with E-state index in [0.29, 0.717) is 36.1 Å². The maximum absolute atomic E-state index is 13.2. The zero-order valence-corrected chi connectivity index (χ0v) is 16.7. The number of H-pyrrole nitrogens is 1. The summed E-state index contributed by atoms with van der Waals surface area (Å²) >= 11 is 0. The smallest absolute Gasteiger partial charge is 0.319 e. The average Bonchev–Trinajstić information content (AvgIpc) is 2.78. The fraction of sp³-hybridized carbons (Fsp3) is 0.273. The van der Waals surface area contributed by atoms with E-state index in [9.17, 15) is 18.8 Å². The van der Waals surface area contributed by atoms with Gasteiger partial charge in [-0.3, -0.25) is 9.59 Å². The first-order valence-corrected chi connectivity index (χ1v) is 10.1. The van der Waals surface area contributed by atoms with Gasteiger partial charge < -0.3 is 15.5 Å². The summed E-state index contributed by atoms with van der Waals surface area (Å²) in [7, 11) is 0. The van der Waals surface area contributed by atoms with Crippen molar-refractivity contribution in [3.63, 3.8) is 0 Å². The molecule has 1 aliphatic rings. The lowest BCUT2D eigenvalue weighted by atomic mass is 9.97. The number of benzene rings is 2. The molecule has 1 saturated heterocycles. The fourth-order valence-electron chi connectivity index (χ4n) is 3.82. The lowest BCUT2D eigenvalue weighted by Gasteiger charge is -2.32. The highest BCUT2D eigenvalue weighted by Gasteiger charge is 2.27. The van der Waals surface area contributed by atoms with Crippen LogP contribution in [-0.4, -0.2) is 46.7 Å². The van der Waals surface area contributed by atoms with Crippen LogP contribution in [0.2, 0.25) is 0 Å². The summed E-state index contributed by atoms with van der Waals surface area (Å²) in [6.07, 6.45) is 1.66. The maximum Gasteiger partial charge on any atom is 0.319 e. The van der Waals surface area contributed by atoms with E-state index in [4.69, 9.17) is 0 Å². The Labute approximate surface area is 177 Å². The second-order valence-corrected chi connectivity index (χ2v) is 7.55. The maximum atomic E-state index is 13.2. The number of nitrogens with zero attached hydrogens (tertiary/aromatic N) is 2. The van der Waals surface area contributed by atoms with Crippen LogP contribution in [0.3, 0.4) is 0 Å². The van der Waals surface area contributed by atoms with Crippen molar-refractivity contribution in [1.29, 1.82) is 0 Å². The molecule has 1 fully saturated rings. The fourth-order valence-corrected chi connectivity index (χ4v) is 3.82. The Morgan fingerprint density at radius 3 is 2.77 bits per heavy atom. The lowest BCUT2D eigenvalue weighted by molar-refractivity contribution is 0.0670. The van der Waals surface area contributed by atoms with E-state index in [1.54, 1.807) is 35.2 Å². The number of amides is 3. The molecule has 0 spiro atoms. The van der Waals surface area contributed by atoms with Crippen molar-refractivity contribution in [3.05, 3.63) is 70.4 Å². The Kier molecular flexibility index (Phi) is 5.92. The molecule has 0 aliphatic carbocycles. The number of anilines is 1. The van der Waals surface area contributed by atoms with Gasteiger partial charge in [-0.2, -0.15) is 5.10 Å². The SMILES string of the molecule is O=C(NCC1CCCN(C(=O)c2n[nH]c(=O)c3ccccc23)C1)Nc1cccc(F)c1. The molecule has 1 atom stereocenters. The molecule has 8 nitrogen and oxygen atoms in total. The Hall–Kier alpha value is -3.75. The Balaban J connectivity index is 1.38. The van der Waals surface area contributed by atoms with Crippen molar-refractivity contribution in [3.8, 4) is 0 Å². The minimum Gasteiger partial charge on any atom is -0.338 e. The van der Waals surface area contributed by atoms with Crippen molar-refractivity contribution < 1.29 is 14.0 Å². The molecule has 4 rings (SSSR count). The summed E-state index contributed by atoms with van der Waals surface area (Å²) in [4.78, 5) is 38.9. The molecule has 3 N–H and O–H groups in total. The van der Waals surface area contributed by atoms with Gasteiger partial charge in [-0.15, -0.1) is 0 Å². The number of hydrogen-bond acceptors (Lipinski definition) is 4. The molecule has 160 valence electrons. The van der Waals surface area contributed by atoms with E-state index in [2.05, 4.69) is 20.8 Å². The number of aromatic amines is 1. The lowest BCUT2D eigenvalue weighted by Crippen LogP contribution is -2.44. The highest BCUT2D eigenvalue weighted by molar-refractivity contribution is 6.04. The van der Waals surface area contributed by atoms with Crippen LogP contribution in [0.4, 0.5) is 14.9 Å². The van der Waals surface area contributed by atoms with Gasteiger partial charge in [-0.05, 0) is 43.0 Å². The predicted molar refractivity (Wildman–Crippen MR) is 114 cm³/mol. The molecule has 1 aliphatic heterocycles. The Morgan fingerprint density at radius 2 is 1.97 bits per heavy atom. The van der Waals surface area contributed by atoms with Gasteiger partial charge in [0.2, 0.25) is 0 Å². The van der Waals surface area contributed by atoms with Crippen LogP contribution in [0.1, 0.15) is 23.3 Å². The van der Waals surface area contributed by atoms with Gasteiger partial charge in [0.05, 0.1) is 5.39 Å². The van der Waals surface area contributed by atoms with Gasteiger partial charge in [-0.25, -0.2) is 14.3 Å². The minimum absolute atomic E-state index is 0.0741. The van der Waals surface area contributed by atoms with Gasteiger partial charge in [-0.1, -0.05) is 24.3 Å². The molecule has 3 aromatic rings. The molecule has 31 heavy (non-hydrogen) atoms. The molecule has 2 heterocycles. The summed E-state index contributed by atoms with van der Waals surface area (Å²) < 4.78 is 13.2. The van der Waals surface area contributed by atoms with E-state index in [1.165, 1.54) is 18.2 Å². The van der Waals surface area contributed by atoms with Crippen molar-refractivity contribution >= 4 is 28.4 Å². The molecule has 1 unspecified atom stereocenters. The first-order valence-electron chi connectivity index (χ1n) is 10.1. The zero-order chi connectivity index (χ0) is 21.8. The van der Waals surface area contributed by atoms with Crippen molar-refractivity contribution in [1.82, 2.24) is 20.4 Å². The molecular formula is C22H22FN5O3.